The van der Waals surface area contributed by atoms with Crippen molar-refractivity contribution in [1.82, 2.24) is 5.32 Å². The zero-order valence-corrected chi connectivity index (χ0v) is 12.1. The topological polar surface area (TPSA) is 12.0 Å². The maximum atomic E-state index is 3.68. The Morgan fingerprint density at radius 1 is 1.05 bits per heavy atom. The highest BCUT2D eigenvalue weighted by atomic mass is 32.1. The van der Waals surface area contributed by atoms with Gasteiger partial charge in [0.15, 0.2) is 0 Å². The second-order valence-corrected chi connectivity index (χ2v) is 6.33. The van der Waals surface area contributed by atoms with Crippen molar-refractivity contribution in [1.29, 1.82) is 0 Å². The second kappa shape index (κ2) is 5.04. The maximum Gasteiger partial charge on any atom is 0.0364 e. The molecule has 1 nitrogen and oxygen atoms in total. The fraction of sp³-hybridized carbons (Fsp3) is 0.222. The lowest BCUT2D eigenvalue weighted by Gasteiger charge is -2.26. The number of hydrogen-bond donors (Lipinski definition) is 1. The monoisotopic (exact) mass is 279 g/mol. The van der Waals surface area contributed by atoms with Crippen LogP contribution in [0, 0.1) is 0 Å². The molecule has 1 atom stereocenters. The first-order chi connectivity index (χ1) is 9.92. The van der Waals surface area contributed by atoms with Gasteiger partial charge in [0, 0.05) is 10.7 Å². The molecule has 1 aromatic heterocycles. The van der Waals surface area contributed by atoms with Crippen LogP contribution < -0.4 is 5.32 Å². The Kier molecular flexibility index (Phi) is 3.06. The van der Waals surface area contributed by atoms with E-state index in [9.17, 15) is 0 Å². The molecule has 4 rings (SSSR count). The molecular formula is C18H17NS. The molecule has 0 amide bonds. The third-order valence-corrected chi connectivity index (χ3v) is 5.21. The summed E-state index contributed by atoms with van der Waals surface area (Å²) in [5.41, 5.74) is 4.46. The summed E-state index contributed by atoms with van der Waals surface area (Å²) in [6.07, 6.45) is 2.23. The highest BCUT2D eigenvalue weighted by Gasteiger charge is 2.20. The molecule has 2 aromatic carbocycles. The van der Waals surface area contributed by atoms with Gasteiger partial charge in [0.2, 0.25) is 0 Å². The minimum atomic E-state index is 0.456. The van der Waals surface area contributed by atoms with Crippen molar-refractivity contribution in [2.75, 3.05) is 6.54 Å². The molecule has 0 saturated carbocycles. The summed E-state index contributed by atoms with van der Waals surface area (Å²) in [7, 11) is 0. The van der Waals surface area contributed by atoms with Gasteiger partial charge in [-0.15, -0.1) is 11.3 Å². The SMILES string of the molecule is c1ccc2c(c1)CCNC2Cc1csc2ccccc12. The van der Waals surface area contributed by atoms with Crippen LogP contribution in [0.15, 0.2) is 53.9 Å². The largest absolute Gasteiger partial charge is 0.309 e. The van der Waals surface area contributed by atoms with Gasteiger partial charge >= 0.3 is 0 Å². The molecule has 0 bridgehead atoms. The van der Waals surface area contributed by atoms with Crippen molar-refractivity contribution >= 4 is 21.4 Å². The lowest BCUT2D eigenvalue weighted by atomic mass is 9.90. The predicted octanol–water partition coefficient (Wildman–Crippen LogP) is 4.33. The van der Waals surface area contributed by atoms with Crippen LogP contribution in [0.1, 0.15) is 22.7 Å². The Morgan fingerprint density at radius 2 is 1.90 bits per heavy atom. The molecule has 1 N–H and O–H groups in total. The van der Waals surface area contributed by atoms with Crippen molar-refractivity contribution < 1.29 is 0 Å². The average Bonchev–Trinajstić information content (AvgIpc) is 2.91. The van der Waals surface area contributed by atoms with Gasteiger partial charge in [-0.1, -0.05) is 42.5 Å². The molecule has 0 spiro atoms. The molecule has 0 radical (unpaired) electrons. The lowest BCUT2D eigenvalue weighted by Crippen LogP contribution is -2.31. The summed E-state index contributed by atoms with van der Waals surface area (Å²) in [5.74, 6) is 0. The van der Waals surface area contributed by atoms with Gasteiger partial charge in [-0.25, -0.2) is 0 Å². The van der Waals surface area contributed by atoms with Crippen LogP contribution in [0.4, 0.5) is 0 Å². The van der Waals surface area contributed by atoms with E-state index in [2.05, 4.69) is 59.2 Å². The normalized spacial score (nSPS) is 18.1. The van der Waals surface area contributed by atoms with E-state index in [1.54, 1.807) is 0 Å². The molecule has 0 aliphatic carbocycles. The third kappa shape index (κ3) is 2.05. The molecule has 1 aliphatic rings. The zero-order valence-electron chi connectivity index (χ0n) is 11.3. The lowest BCUT2D eigenvalue weighted by molar-refractivity contribution is 0.504. The van der Waals surface area contributed by atoms with Crippen molar-refractivity contribution in [2.45, 2.75) is 18.9 Å². The number of rotatable bonds is 2. The molecule has 1 aliphatic heterocycles. The highest BCUT2D eigenvalue weighted by Crippen LogP contribution is 2.31. The zero-order chi connectivity index (χ0) is 13.4. The standard InChI is InChI=1S/C18H17NS/c1-2-6-15-13(5-1)9-10-19-17(15)11-14-12-20-18-8-4-3-7-16(14)18/h1-8,12,17,19H,9-11H2. The van der Waals surface area contributed by atoms with Gasteiger partial charge in [-0.05, 0) is 52.9 Å². The van der Waals surface area contributed by atoms with E-state index in [0.717, 1.165) is 19.4 Å². The van der Waals surface area contributed by atoms with E-state index >= 15 is 0 Å². The summed E-state index contributed by atoms with van der Waals surface area (Å²) < 4.78 is 1.39. The van der Waals surface area contributed by atoms with Gasteiger partial charge < -0.3 is 5.32 Å². The highest BCUT2D eigenvalue weighted by molar-refractivity contribution is 7.17. The van der Waals surface area contributed by atoms with Crippen molar-refractivity contribution in [3.63, 3.8) is 0 Å². The molecule has 20 heavy (non-hydrogen) atoms. The molecular weight excluding hydrogens is 262 g/mol. The summed E-state index contributed by atoms with van der Waals surface area (Å²) in [4.78, 5) is 0. The number of thiophene rings is 1. The van der Waals surface area contributed by atoms with E-state index in [-0.39, 0.29) is 0 Å². The van der Waals surface area contributed by atoms with E-state index < -0.39 is 0 Å². The molecule has 3 aromatic rings. The van der Waals surface area contributed by atoms with Gasteiger partial charge in [0.25, 0.3) is 0 Å². The van der Waals surface area contributed by atoms with Crippen LogP contribution in [0.3, 0.4) is 0 Å². The summed E-state index contributed by atoms with van der Waals surface area (Å²) >= 11 is 1.86. The Bertz CT molecular complexity index is 744. The number of hydrogen-bond acceptors (Lipinski definition) is 2. The van der Waals surface area contributed by atoms with Gasteiger partial charge in [0.05, 0.1) is 0 Å². The fourth-order valence-corrected chi connectivity index (χ4v) is 4.16. The first-order valence-electron chi connectivity index (χ1n) is 7.18. The van der Waals surface area contributed by atoms with Crippen LogP contribution in [0.2, 0.25) is 0 Å². The van der Waals surface area contributed by atoms with E-state index in [1.165, 1.54) is 26.8 Å². The maximum absolute atomic E-state index is 3.68. The molecule has 2 heteroatoms. The number of nitrogens with one attached hydrogen (secondary N) is 1. The van der Waals surface area contributed by atoms with Crippen LogP contribution in [-0.2, 0) is 12.8 Å². The molecule has 0 fully saturated rings. The molecule has 2 heterocycles. The van der Waals surface area contributed by atoms with Crippen LogP contribution in [0.5, 0.6) is 0 Å². The number of fused-ring (bicyclic) bond motifs is 2. The van der Waals surface area contributed by atoms with E-state index in [1.807, 2.05) is 11.3 Å². The second-order valence-electron chi connectivity index (χ2n) is 5.42. The van der Waals surface area contributed by atoms with Crippen molar-refractivity contribution in [3.8, 4) is 0 Å². The van der Waals surface area contributed by atoms with Crippen molar-refractivity contribution in [2.24, 2.45) is 0 Å². The Labute approximate surface area is 123 Å². The van der Waals surface area contributed by atoms with E-state index in [4.69, 9.17) is 0 Å². The summed E-state index contributed by atoms with van der Waals surface area (Å²) in [6, 6.07) is 18.0. The minimum Gasteiger partial charge on any atom is -0.309 e. The summed E-state index contributed by atoms with van der Waals surface area (Å²) in [6.45, 7) is 1.09. The Morgan fingerprint density at radius 3 is 2.90 bits per heavy atom. The third-order valence-electron chi connectivity index (χ3n) is 4.20. The minimum absolute atomic E-state index is 0.456. The van der Waals surface area contributed by atoms with E-state index in [0.29, 0.717) is 6.04 Å². The first kappa shape index (κ1) is 12.1. The first-order valence-corrected chi connectivity index (χ1v) is 8.06. The predicted molar refractivity (Wildman–Crippen MR) is 86.4 cm³/mol. The fourth-order valence-electron chi connectivity index (χ4n) is 3.19. The molecule has 0 saturated heterocycles. The molecule has 1 unspecified atom stereocenters. The Hall–Kier alpha value is -1.64. The van der Waals surface area contributed by atoms with Gasteiger partial charge in [-0.3, -0.25) is 0 Å². The average molecular weight is 279 g/mol. The van der Waals surface area contributed by atoms with Gasteiger partial charge in [0.1, 0.15) is 0 Å². The number of benzene rings is 2. The summed E-state index contributed by atoms with van der Waals surface area (Å²) in [5, 5.41) is 7.42. The van der Waals surface area contributed by atoms with Crippen molar-refractivity contribution in [3.05, 3.63) is 70.6 Å². The Balaban J connectivity index is 1.70. The van der Waals surface area contributed by atoms with Crippen LogP contribution >= 0.6 is 11.3 Å². The smallest absolute Gasteiger partial charge is 0.0364 e. The quantitative estimate of drug-likeness (QED) is 0.736. The van der Waals surface area contributed by atoms with Crippen LogP contribution in [-0.4, -0.2) is 6.54 Å². The van der Waals surface area contributed by atoms with Gasteiger partial charge in [-0.2, -0.15) is 0 Å². The molecule has 100 valence electrons. The van der Waals surface area contributed by atoms with Crippen LogP contribution in [0.25, 0.3) is 10.1 Å².